The van der Waals surface area contributed by atoms with E-state index in [0.29, 0.717) is 0 Å². The Kier molecular flexibility index (Phi) is 24.9. The third kappa shape index (κ3) is 15.0. The van der Waals surface area contributed by atoms with Gasteiger partial charge in [0.25, 0.3) is 0 Å². The van der Waals surface area contributed by atoms with Crippen molar-refractivity contribution in [3.63, 3.8) is 0 Å². The minimum atomic E-state index is 0.827. The second-order valence-corrected chi connectivity index (χ2v) is 50.5. The van der Waals surface area contributed by atoms with E-state index in [1.54, 1.807) is 443 Å². The number of fused-ring (bicyclic) bond motifs is 9. The molecule has 19 unspecified atom stereocenters. The van der Waals surface area contributed by atoms with E-state index in [1.807, 2.05) is 0 Å². The van der Waals surface area contributed by atoms with Crippen LogP contribution in [0.3, 0.4) is 0 Å². The van der Waals surface area contributed by atoms with Crippen molar-refractivity contribution in [3.8, 4) is 0 Å². The van der Waals surface area contributed by atoms with Crippen molar-refractivity contribution in [3.05, 3.63) is 0 Å². The molecule has 23 aliphatic rings. The van der Waals surface area contributed by atoms with Gasteiger partial charge in [0, 0.05) is 73.0 Å². The van der Waals surface area contributed by atoms with Gasteiger partial charge in [-0.3, -0.25) is 19.6 Å². The first kappa shape index (κ1) is 80.5. The van der Waals surface area contributed by atoms with Gasteiger partial charge in [-0.2, -0.15) is 0 Å². The Morgan fingerprint density at radius 3 is 0.983 bits per heavy atom. The zero-order valence-electron chi connectivity index (χ0n) is 75.8. The van der Waals surface area contributed by atoms with Gasteiger partial charge in [0.2, 0.25) is 0 Å². The van der Waals surface area contributed by atoms with Crippen LogP contribution in [0.1, 0.15) is 456 Å². The van der Waals surface area contributed by atoms with Gasteiger partial charge in [-0.1, -0.05) is 283 Å². The molecule has 0 spiro atoms. The third-order valence-corrected chi connectivity index (χ3v) is 46.6. The minimum Gasteiger partial charge on any atom is -0.297 e. The first-order valence-corrected chi connectivity index (χ1v) is 56.7. The van der Waals surface area contributed by atoms with E-state index in [9.17, 15) is 0 Å². The molecular weight excluding hydrogens is 1400 g/mol. The highest BCUT2D eigenvalue weighted by atomic mass is 15.3. The van der Waals surface area contributed by atoms with Crippen LogP contribution in [0.2, 0.25) is 17.5 Å². The van der Waals surface area contributed by atoms with Crippen LogP contribution in [0.5, 0.6) is 0 Å². The van der Waals surface area contributed by atoms with Gasteiger partial charge < -0.3 is 0 Å². The molecule has 650 valence electrons. The Morgan fingerprint density at radius 1 is 0.198 bits per heavy atom. The molecule has 0 aromatic heterocycles. The molecule has 23 rings (SSSR count). The summed E-state index contributed by atoms with van der Waals surface area (Å²) in [6.45, 7) is 2.52. The highest BCUT2D eigenvalue weighted by molar-refractivity contribution is 6.65. The molecule has 0 N–H and O–H groups in total. The summed E-state index contributed by atoms with van der Waals surface area (Å²) >= 11 is 0. The van der Waals surface area contributed by atoms with Crippen molar-refractivity contribution in [2.75, 3.05) is 6.54 Å². The van der Waals surface area contributed by atoms with E-state index in [1.165, 1.54) is 19.4 Å². The van der Waals surface area contributed by atoms with Gasteiger partial charge in [0.1, 0.15) is 0 Å². The topological polar surface area (TPSA) is 13.0 Å². The normalized spacial score (nSPS) is 50.2. The molecule has 0 aromatic rings. The van der Waals surface area contributed by atoms with E-state index in [4.69, 9.17) is 0 Å². The fourth-order valence-corrected chi connectivity index (χ4v) is 42.9. The first-order chi connectivity index (χ1) is 57.6. The maximum Gasteiger partial charge on any atom is 0.156 e. The van der Waals surface area contributed by atoms with Crippen LogP contribution in [0.4, 0.5) is 0 Å². The molecule has 3 saturated heterocycles. The maximum atomic E-state index is 4.09. The highest BCUT2D eigenvalue weighted by Gasteiger charge is 2.70. The second-order valence-electron chi connectivity index (χ2n) is 50.5. The maximum absolute atomic E-state index is 4.09. The molecule has 0 aromatic carbocycles. The molecule has 0 amide bonds. The summed E-state index contributed by atoms with van der Waals surface area (Å²) < 4.78 is 0. The zero-order chi connectivity index (χ0) is 76.3. The zero-order valence-corrected chi connectivity index (χ0v) is 75.8. The van der Waals surface area contributed by atoms with Crippen LogP contribution < -0.4 is 0 Å². The number of likely N-dealkylation sites (tertiary alicyclic amines) is 1. The molecule has 5 heteroatoms. The van der Waals surface area contributed by atoms with Crippen LogP contribution in [-0.4, -0.2) is 99.3 Å². The predicted molar refractivity (Wildman–Crippen MR) is 486 cm³/mol. The lowest BCUT2D eigenvalue weighted by Crippen LogP contribution is -2.77. The van der Waals surface area contributed by atoms with Crippen LogP contribution in [0, 0.1) is 148 Å². The smallest absolute Gasteiger partial charge is 0.156 e. The number of nitrogens with zero attached hydrogens (tertiary/aromatic N) is 4. The molecule has 20 aliphatic carbocycles. The van der Waals surface area contributed by atoms with Crippen LogP contribution in [0.15, 0.2) is 0 Å². The molecule has 0 radical (unpaired) electrons. The van der Waals surface area contributed by atoms with Gasteiger partial charge in [0.05, 0.1) is 0 Å². The lowest BCUT2D eigenvalue weighted by Gasteiger charge is -2.72. The molecule has 0 bridgehead atoms. The van der Waals surface area contributed by atoms with E-state index >= 15 is 0 Å². The summed E-state index contributed by atoms with van der Waals surface area (Å²) in [7, 11) is 0. The lowest BCUT2D eigenvalue weighted by atomic mass is 9.18. The Bertz CT molecular complexity index is 2980. The van der Waals surface area contributed by atoms with Crippen molar-refractivity contribution in [1.82, 2.24) is 19.6 Å². The Hall–Kier alpha value is -0.0951. The third-order valence-electron chi connectivity index (χ3n) is 46.6. The fourth-order valence-electron chi connectivity index (χ4n) is 42.9. The summed E-state index contributed by atoms with van der Waals surface area (Å²) in [6.07, 6.45) is 113. The predicted octanol–water partition coefficient (Wildman–Crippen LogP) is 29.3. The van der Waals surface area contributed by atoms with E-state index in [0.717, 1.165) is 239 Å². The molecule has 23 fully saturated rings. The van der Waals surface area contributed by atoms with Gasteiger partial charge in [-0.05, 0) is 339 Å². The summed E-state index contributed by atoms with van der Waals surface area (Å²) in [4.78, 5) is 15.4. The summed E-state index contributed by atoms with van der Waals surface area (Å²) in [5, 5.41) is 0. The summed E-state index contributed by atoms with van der Waals surface area (Å²) in [6, 6.07) is 9.56. The molecule has 116 heavy (non-hydrogen) atoms. The fraction of sp³-hybridized carbons (Fsp3) is 1.00. The van der Waals surface area contributed by atoms with Crippen LogP contribution in [-0.2, 0) is 0 Å². The van der Waals surface area contributed by atoms with Crippen LogP contribution in [0.25, 0.3) is 0 Å². The quantitative estimate of drug-likeness (QED) is 0.161. The average Bonchev–Trinajstić information content (AvgIpc) is 0.717. The largest absolute Gasteiger partial charge is 0.297 e. The van der Waals surface area contributed by atoms with Crippen LogP contribution >= 0.6 is 0 Å². The average molecular weight is 1580 g/mol. The minimum absolute atomic E-state index is 0.827. The molecule has 4 nitrogen and oxygen atoms in total. The Morgan fingerprint density at radius 2 is 0.526 bits per heavy atom. The van der Waals surface area contributed by atoms with Crippen molar-refractivity contribution in [2.45, 2.75) is 540 Å². The SMILES string of the molecule is C1CCC(C2CCC(N(CC3CC4[C@@H]5B(C6CCC([C@@H]7CCC8C9CCC[C@@H]%10CCCC(C%11CCCC7C%118)C9%10)CC6N4C4C(C6CCCCC6)CCC[C@@H]4C4CCCCC4)[C@@H]4CC[C@H](N6C7CCCC[C@H]7C7CCCC[C@H]76)CC4N(C4[C@@H](C6CCCCC6)CCC[C@H]4C4CCCCC4)C5C3)C3CCC(C4CCCCC4)CC3)CC2)CC1. The van der Waals surface area contributed by atoms with Crippen molar-refractivity contribution in [1.29, 1.82) is 0 Å². The van der Waals surface area contributed by atoms with Gasteiger partial charge in [-0.25, -0.2) is 0 Å². The monoisotopic (exact) mass is 1580 g/mol. The first-order valence-electron chi connectivity index (χ1n) is 56.7. The number of hydrogen-bond acceptors (Lipinski definition) is 4. The second kappa shape index (κ2) is 35.9. The number of rotatable bonds is 14. The van der Waals surface area contributed by atoms with E-state index < -0.39 is 0 Å². The Balaban J connectivity index is 0.686. The molecule has 20 saturated carbocycles. The molecule has 3 aliphatic heterocycles. The van der Waals surface area contributed by atoms with Crippen molar-refractivity contribution in [2.24, 2.45) is 148 Å². The van der Waals surface area contributed by atoms with Gasteiger partial charge in [-0.15, -0.1) is 0 Å². The standard InChI is InChI=1S/C111H183BN4/c1-7-28-74(29-8-1)76-54-59-84(60-55-76)113(85-61-56-77(57-62-85)75-30-9-2-10-31-75)72-73-68-105-109-106(69-73)116(111-90(80-36-15-5-16-37-80)46-26-47-91(111)81-38-17-6-18-39-81)104-71-86(114-101-52-21-19-42-92(101)93-43-20-22-53-102(93)114)63-67-100(104)112(109)99-66-58-83(87-64-65-98-96-49-24-41-82-40-23-48-95(107(82)96)97-51-27-50-94(87)108(97)98)70-103(99)115(105)110-88(78-32-11-3-12-33-78)44-25-45-89(110)79-34-13-4-14-35-79/h73-111H,1-72H2/t73?,76?,77?,82-,83?,84?,85?,86-,87-,88+,89?,90-,91+,92-,93?,94?,95?,96?,97?,98?,99?,100+,101?,102+,103?,104?,105?,106?,107?,108?,109-,110?,111?/m0/s1. The molecular formula is C111H183BN4. The van der Waals surface area contributed by atoms with E-state index in [-0.39, 0.29) is 0 Å². The lowest BCUT2D eigenvalue weighted by molar-refractivity contribution is -0.160. The highest BCUT2D eigenvalue weighted by Crippen LogP contribution is 2.71. The van der Waals surface area contributed by atoms with Gasteiger partial charge in [0.15, 0.2) is 6.71 Å². The van der Waals surface area contributed by atoms with E-state index in [2.05, 4.69) is 19.6 Å². The van der Waals surface area contributed by atoms with Gasteiger partial charge >= 0.3 is 0 Å². The van der Waals surface area contributed by atoms with Crippen molar-refractivity contribution < 1.29 is 0 Å². The summed E-state index contributed by atoms with van der Waals surface area (Å²) in [5.41, 5.74) is 0. The van der Waals surface area contributed by atoms with Crippen molar-refractivity contribution >= 4 is 6.71 Å². The number of hydrogen-bond donors (Lipinski definition) is 0. The Labute approximate surface area is 716 Å². The molecule has 3 heterocycles. The molecule has 29 atom stereocenters. The summed E-state index contributed by atoms with van der Waals surface area (Å²) in [5.74, 6) is 28.9.